The van der Waals surface area contributed by atoms with Crippen molar-refractivity contribution in [2.75, 3.05) is 40.9 Å². The highest BCUT2D eigenvalue weighted by atomic mass is 31.2. The van der Waals surface area contributed by atoms with Crippen LogP contribution in [0.2, 0.25) is 0 Å². The Morgan fingerprint density at radius 2 is 0.821 bits per heavy atom. The first-order valence-corrected chi connectivity index (χ1v) is 34.9. The Bertz CT molecular complexity index is 1470. The zero-order valence-corrected chi connectivity index (χ0v) is 53.3. The van der Waals surface area contributed by atoms with E-state index in [-0.39, 0.29) is 24.9 Å². The molecule has 0 rings (SSSR count). The summed E-state index contributed by atoms with van der Waals surface area (Å²) in [4.78, 5) is 40.0. The number of esters is 1. The van der Waals surface area contributed by atoms with Gasteiger partial charge in [0.25, 0.3) is 7.82 Å². The first kappa shape index (κ1) is 76.0. The average Bonchev–Trinajstić information content (AvgIpc) is 3.40. The summed E-state index contributed by atoms with van der Waals surface area (Å²) in [6.07, 6.45) is 72.5. The van der Waals surface area contributed by atoms with E-state index in [2.05, 4.69) is 62.5 Å². The van der Waals surface area contributed by atoms with Gasteiger partial charge in [-0.1, -0.05) is 294 Å². The van der Waals surface area contributed by atoms with Crippen molar-refractivity contribution in [2.24, 2.45) is 0 Å². The number of phosphoric acid groups is 1. The minimum Gasteiger partial charge on any atom is -0.756 e. The van der Waals surface area contributed by atoms with Gasteiger partial charge in [-0.15, -0.1) is 0 Å². The van der Waals surface area contributed by atoms with Crippen LogP contribution in [-0.2, 0) is 27.9 Å². The number of ether oxygens (including phenoxy) is 1. The van der Waals surface area contributed by atoms with Crippen molar-refractivity contribution >= 4 is 19.7 Å². The topological polar surface area (TPSA) is 114 Å². The van der Waals surface area contributed by atoms with E-state index < -0.39 is 26.6 Å². The molecule has 0 heterocycles. The summed E-state index contributed by atoms with van der Waals surface area (Å²) in [5.74, 6) is -0.556. The third-order valence-corrected chi connectivity index (χ3v) is 16.0. The number of carbonyl (C=O) groups excluding carboxylic acids is 2. The Hall–Kier alpha value is -2.03. The maximum Gasteiger partial charge on any atom is 0.306 e. The van der Waals surface area contributed by atoms with Gasteiger partial charge < -0.3 is 28.5 Å². The predicted octanol–water partition coefficient (Wildman–Crippen LogP) is 20.2. The van der Waals surface area contributed by atoms with Crippen molar-refractivity contribution < 1.29 is 37.3 Å². The van der Waals surface area contributed by atoms with Gasteiger partial charge in [-0.3, -0.25) is 14.2 Å². The van der Waals surface area contributed by atoms with Crippen LogP contribution in [0.1, 0.15) is 323 Å². The van der Waals surface area contributed by atoms with Gasteiger partial charge in [-0.05, 0) is 63.9 Å². The Labute approximate surface area is 484 Å². The number of likely N-dealkylation sites (N-methyl/N-ethyl adjacent to an activating group) is 1. The lowest BCUT2D eigenvalue weighted by atomic mass is 10.0. The lowest BCUT2D eigenvalue weighted by molar-refractivity contribution is -0.870. The molecule has 0 aliphatic rings. The van der Waals surface area contributed by atoms with Crippen molar-refractivity contribution in [3.8, 4) is 0 Å². The molecule has 0 aliphatic heterocycles. The molecule has 0 saturated carbocycles. The van der Waals surface area contributed by atoms with Crippen LogP contribution in [0.3, 0.4) is 0 Å². The van der Waals surface area contributed by atoms with Crippen molar-refractivity contribution in [3.63, 3.8) is 0 Å². The molecule has 78 heavy (non-hydrogen) atoms. The van der Waals surface area contributed by atoms with E-state index in [4.69, 9.17) is 13.8 Å². The third-order valence-electron chi connectivity index (χ3n) is 15.0. The summed E-state index contributed by atoms with van der Waals surface area (Å²) in [5, 5.41) is 3.02. The number of allylic oxidation sites excluding steroid dienone is 7. The van der Waals surface area contributed by atoms with Crippen LogP contribution in [0.5, 0.6) is 0 Å². The molecule has 0 saturated heterocycles. The molecule has 0 aliphatic carbocycles. The zero-order chi connectivity index (χ0) is 57.2. The van der Waals surface area contributed by atoms with Crippen molar-refractivity contribution in [1.82, 2.24) is 5.32 Å². The number of nitrogens with one attached hydrogen (secondary N) is 1. The number of rotatable bonds is 61. The van der Waals surface area contributed by atoms with Gasteiger partial charge in [0.1, 0.15) is 19.3 Å². The number of carbonyl (C=O) groups is 2. The largest absolute Gasteiger partial charge is 0.756 e. The Kier molecular flexibility index (Phi) is 56.7. The second kappa shape index (κ2) is 58.2. The van der Waals surface area contributed by atoms with Crippen molar-refractivity contribution in [3.05, 3.63) is 48.6 Å². The van der Waals surface area contributed by atoms with Gasteiger partial charge >= 0.3 is 5.97 Å². The number of unbranched alkanes of at least 4 members (excludes halogenated alkanes) is 39. The SMILES string of the molecule is CC/C=C/C/C=C/C/C=C/CCCCCCC(=O)NC(COP(=O)([O-])OCC[N+](C)(C)C)C(/C=C\CCCCCCCCCCC)OC(=O)CCCCCCCCCCCCCCCCCCCCCCCCCCCCC. The highest BCUT2D eigenvalue weighted by molar-refractivity contribution is 7.45. The molecule has 3 atom stereocenters. The van der Waals surface area contributed by atoms with Crippen LogP contribution < -0.4 is 10.2 Å². The summed E-state index contributed by atoms with van der Waals surface area (Å²) in [6, 6.07) is -0.897. The van der Waals surface area contributed by atoms with Gasteiger partial charge in [-0.2, -0.15) is 0 Å². The quantitative estimate of drug-likeness (QED) is 0.0212. The van der Waals surface area contributed by atoms with Crippen LogP contribution in [-0.4, -0.2) is 69.4 Å². The molecule has 0 aromatic heterocycles. The van der Waals surface area contributed by atoms with Crippen molar-refractivity contribution in [2.45, 2.75) is 335 Å². The van der Waals surface area contributed by atoms with Crippen LogP contribution >= 0.6 is 7.82 Å². The second-order valence-corrected chi connectivity index (χ2v) is 25.4. The summed E-state index contributed by atoms with van der Waals surface area (Å²) >= 11 is 0. The van der Waals surface area contributed by atoms with Gasteiger partial charge in [0.15, 0.2) is 0 Å². The maximum atomic E-state index is 13.5. The molecule has 9 nitrogen and oxygen atoms in total. The fourth-order valence-corrected chi connectivity index (χ4v) is 10.6. The monoisotopic (exact) mass is 1120 g/mol. The minimum absolute atomic E-state index is 0.0260. The fourth-order valence-electron chi connectivity index (χ4n) is 9.89. The lowest BCUT2D eigenvalue weighted by Crippen LogP contribution is -2.47. The number of hydrogen-bond donors (Lipinski definition) is 1. The van der Waals surface area contributed by atoms with E-state index in [0.717, 1.165) is 83.5 Å². The molecule has 1 amide bonds. The summed E-state index contributed by atoms with van der Waals surface area (Å²) < 4.78 is 30.3. The smallest absolute Gasteiger partial charge is 0.306 e. The Morgan fingerprint density at radius 1 is 0.462 bits per heavy atom. The maximum absolute atomic E-state index is 13.5. The van der Waals surface area contributed by atoms with Crippen LogP contribution in [0.15, 0.2) is 48.6 Å². The molecule has 0 radical (unpaired) electrons. The fraction of sp³-hybridized carbons (Fsp3) is 0.853. The van der Waals surface area contributed by atoms with Crippen LogP contribution in [0.4, 0.5) is 0 Å². The molecule has 0 aromatic carbocycles. The standard InChI is InChI=1S/C68H129N2O7P/c1-7-10-13-16-19-22-25-27-29-30-31-32-33-34-35-36-37-38-39-40-41-43-46-49-52-55-58-61-68(72)77-66(59-56-53-50-47-44-24-21-18-15-12-9-3)65(64-76-78(73,74)75-63-62-70(4,5)6)69-67(71)60-57-54-51-48-45-42-28-26-23-20-17-14-11-8-2/h11,14,20,23,28,42,56,59,65-66H,7-10,12-13,15-19,21-22,24-27,29-41,43-55,57-58,60-64H2,1-6H3,(H-,69,71,73,74)/b14-11+,23-20+,42-28+,59-56-. The van der Waals surface area contributed by atoms with E-state index in [1.54, 1.807) is 0 Å². The molecule has 458 valence electrons. The molecule has 0 bridgehead atoms. The third kappa shape index (κ3) is 58.6. The Balaban J connectivity index is 4.96. The molecular formula is C68H129N2O7P. The highest BCUT2D eigenvalue weighted by Crippen LogP contribution is 2.38. The first-order valence-electron chi connectivity index (χ1n) is 33.4. The van der Waals surface area contributed by atoms with Gasteiger partial charge in [0.05, 0.1) is 33.8 Å². The minimum atomic E-state index is -4.70. The molecule has 0 aromatic rings. The highest BCUT2D eigenvalue weighted by Gasteiger charge is 2.27. The number of nitrogens with zero attached hydrogens (tertiary/aromatic N) is 1. The van der Waals surface area contributed by atoms with E-state index in [1.165, 1.54) is 199 Å². The summed E-state index contributed by atoms with van der Waals surface area (Å²) in [5.41, 5.74) is 0. The van der Waals surface area contributed by atoms with E-state index >= 15 is 0 Å². The number of amides is 1. The van der Waals surface area contributed by atoms with Crippen molar-refractivity contribution in [1.29, 1.82) is 0 Å². The van der Waals surface area contributed by atoms with E-state index in [0.29, 0.717) is 23.9 Å². The first-order chi connectivity index (χ1) is 37.9. The second-order valence-electron chi connectivity index (χ2n) is 24.0. The molecular weight excluding hydrogens is 988 g/mol. The summed E-state index contributed by atoms with van der Waals surface area (Å²) in [6.45, 7) is 6.74. The van der Waals surface area contributed by atoms with E-state index in [1.807, 2.05) is 33.3 Å². The molecule has 1 N–H and O–H groups in total. The average molecular weight is 1120 g/mol. The van der Waals surface area contributed by atoms with E-state index in [9.17, 15) is 19.0 Å². The predicted molar refractivity (Wildman–Crippen MR) is 335 cm³/mol. The molecule has 10 heteroatoms. The van der Waals surface area contributed by atoms with Crippen LogP contribution in [0, 0.1) is 0 Å². The number of quaternary nitrogens is 1. The van der Waals surface area contributed by atoms with Gasteiger partial charge in [0, 0.05) is 12.8 Å². The normalized spacial score (nSPS) is 13.9. The molecule has 0 spiro atoms. The zero-order valence-electron chi connectivity index (χ0n) is 52.4. The van der Waals surface area contributed by atoms with Gasteiger partial charge in [-0.25, -0.2) is 0 Å². The Morgan fingerprint density at radius 3 is 1.23 bits per heavy atom. The van der Waals surface area contributed by atoms with Crippen LogP contribution in [0.25, 0.3) is 0 Å². The lowest BCUT2D eigenvalue weighted by Gasteiger charge is -2.30. The molecule has 3 unspecified atom stereocenters. The summed E-state index contributed by atoms with van der Waals surface area (Å²) in [7, 11) is 1.18. The molecule has 0 fully saturated rings. The number of phosphoric ester groups is 1. The van der Waals surface area contributed by atoms with Gasteiger partial charge in [0.2, 0.25) is 5.91 Å². The number of hydrogen-bond acceptors (Lipinski definition) is 7.